The Labute approximate surface area is 129 Å². The van der Waals surface area contributed by atoms with Gasteiger partial charge in [-0.3, -0.25) is 9.20 Å². The van der Waals surface area contributed by atoms with Gasteiger partial charge in [-0.05, 0) is 50.5 Å². The Hall–Kier alpha value is -2.62. The number of carbonyl (C=O) groups is 1. The zero-order valence-corrected chi connectivity index (χ0v) is 13.3. The van der Waals surface area contributed by atoms with Crippen molar-refractivity contribution in [1.82, 2.24) is 9.38 Å². The Bertz CT molecular complexity index is 857. The number of nitrogens with zero attached hydrogens (tertiary/aromatic N) is 2. The number of hydrogen-bond donors (Lipinski definition) is 1. The molecule has 2 aromatic heterocycles. The van der Waals surface area contributed by atoms with Crippen molar-refractivity contribution < 1.29 is 4.79 Å². The summed E-state index contributed by atoms with van der Waals surface area (Å²) in [6.45, 7) is 7.85. The molecule has 0 aliphatic rings. The molecule has 1 N–H and O–H groups in total. The molecule has 3 rings (SSSR count). The second-order valence-corrected chi connectivity index (χ2v) is 5.65. The van der Waals surface area contributed by atoms with E-state index < -0.39 is 0 Å². The van der Waals surface area contributed by atoms with Crippen LogP contribution in [0.2, 0.25) is 0 Å². The molecule has 0 aliphatic heterocycles. The van der Waals surface area contributed by atoms with Crippen molar-refractivity contribution in [2.45, 2.75) is 27.7 Å². The molecular formula is C18H19N3O. The van der Waals surface area contributed by atoms with Crippen LogP contribution in [-0.4, -0.2) is 15.3 Å². The van der Waals surface area contributed by atoms with Crippen molar-refractivity contribution in [2.24, 2.45) is 0 Å². The largest absolute Gasteiger partial charge is 0.320 e. The molecule has 0 unspecified atom stereocenters. The van der Waals surface area contributed by atoms with Gasteiger partial charge in [-0.1, -0.05) is 24.3 Å². The van der Waals surface area contributed by atoms with Gasteiger partial charge < -0.3 is 5.32 Å². The van der Waals surface area contributed by atoms with Crippen molar-refractivity contribution >= 4 is 17.2 Å². The highest BCUT2D eigenvalue weighted by Crippen LogP contribution is 2.22. The number of imidazole rings is 1. The fourth-order valence-corrected chi connectivity index (χ4v) is 2.78. The Balaban J connectivity index is 2.07. The molecule has 1 amide bonds. The first-order chi connectivity index (χ1) is 10.5. The van der Waals surface area contributed by atoms with Crippen molar-refractivity contribution in [1.29, 1.82) is 0 Å². The van der Waals surface area contributed by atoms with Crippen LogP contribution in [0.25, 0.3) is 5.65 Å². The maximum atomic E-state index is 12.8. The summed E-state index contributed by atoms with van der Waals surface area (Å²) < 4.78 is 1.85. The van der Waals surface area contributed by atoms with Crippen LogP contribution in [0.3, 0.4) is 0 Å². The molecule has 0 spiro atoms. The molecule has 0 saturated carbocycles. The number of carbonyl (C=O) groups excluding carboxylic acids is 1. The lowest BCUT2D eigenvalue weighted by Gasteiger charge is -2.11. The van der Waals surface area contributed by atoms with Crippen LogP contribution in [0, 0.1) is 27.7 Å². The van der Waals surface area contributed by atoms with Gasteiger partial charge in [0.2, 0.25) is 0 Å². The summed E-state index contributed by atoms with van der Waals surface area (Å²) in [7, 11) is 0. The van der Waals surface area contributed by atoms with E-state index in [9.17, 15) is 4.79 Å². The third-order valence-corrected chi connectivity index (χ3v) is 3.95. The first-order valence-corrected chi connectivity index (χ1v) is 7.31. The zero-order chi connectivity index (χ0) is 15.9. The molecule has 0 saturated heterocycles. The summed E-state index contributed by atoms with van der Waals surface area (Å²) in [4.78, 5) is 17.3. The van der Waals surface area contributed by atoms with Crippen LogP contribution < -0.4 is 5.32 Å². The normalized spacial score (nSPS) is 10.9. The topological polar surface area (TPSA) is 46.4 Å². The number of pyridine rings is 1. The Morgan fingerprint density at radius 2 is 1.64 bits per heavy atom. The predicted octanol–water partition coefficient (Wildman–Crippen LogP) is 3.82. The van der Waals surface area contributed by atoms with Gasteiger partial charge >= 0.3 is 0 Å². The number of rotatable bonds is 2. The molecule has 3 aromatic rings. The zero-order valence-electron chi connectivity index (χ0n) is 13.3. The number of nitrogens with one attached hydrogen (secondary N) is 1. The molecule has 0 fully saturated rings. The van der Waals surface area contributed by atoms with Gasteiger partial charge in [0.15, 0.2) is 0 Å². The van der Waals surface area contributed by atoms with Crippen molar-refractivity contribution in [3.8, 4) is 0 Å². The first kappa shape index (κ1) is 14.3. The summed E-state index contributed by atoms with van der Waals surface area (Å²) in [5.74, 6) is -0.131. The average molecular weight is 293 g/mol. The molecular weight excluding hydrogens is 274 g/mol. The summed E-state index contributed by atoms with van der Waals surface area (Å²) >= 11 is 0. The highest BCUT2D eigenvalue weighted by Gasteiger charge is 2.18. The van der Waals surface area contributed by atoms with Crippen LogP contribution in [0.4, 0.5) is 5.69 Å². The Kier molecular flexibility index (Phi) is 3.45. The highest BCUT2D eigenvalue weighted by atomic mass is 16.2. The van der Waals surface area contributed by atoms with Crippen LogP contribution in [0.15, 0.2) is 36.5 Å². The number of aryl methyl sites for hydroxylation is 4. The highest BCUT2D eigenvalue weighted by molar-refractivity contribution is 6.05. The van der Waals surface area contributed by atoms with Crippen LogP contribution in [0.1, 0.15) is 32.9 Å². The molecule has 2 heterocycles. The van der Waals surface area contributed by atoms with Gasteiger partial charge in [-0.25, -0.2) is 4.98 Å². The van der Waals surface area contributed by atoms with E-state index >= 15 is 0 Å². The third-order valence-electron chi connectivity index (χ3n) is 3.95. The predicted molar refractivity (Wildman–Crippen MR) is 88.5 cm³/mol. The van der Waals surface area contributed by atoms with E-state index in [1.54, 1.807) is 0 Å². The lowest BCUT2D eigenvalue weighted by atomic mass is 10.1. The van der Waals surface area contributed by atoms with Crippen LogP contribution >= 0.6 is 0 Å². The lowest BCUT2D eigenvalue weighted by Crippen LogP contribution is -2.17. The van der Waals surface area contributed by atoms with Gasteiger partial charge in [0, 0.05) is 11.9 Å². The maximum Gasteiger partial charge on any atom is 0.274 e. The molecule has 4 nitrogen and oxygen atoms in total. The van der Waals surface area contributed by atoms with Gasteiger partial charge in [-0.2, -0.15) is 0 Å². The number of benzene rings is 1. The molecule has 0 aliphatic carbocycles. The van der Waals surface area contributed by atoms with E-state index in [-0.39, 0.29) is 5.91 Å². The quantitative estimate of drug-likeness (QED) is 0.780. The second kappa shape index (κ2) is 5.30. The number of amides is 1. The standard InChI is InChI=1S/C18H19N3O/c1-11-7-5-8-12(2)15(11)20-18(22)16-14(4)19-17-13(3)9-6-10-21(16)17/h5-10H,1-4H3,(H,20,22). The Morgan fingerprint density at radius 3 is 2.32 bits per heavy atom. The summed E-state index contributed by atoms with van der Waals surface area (Å²) in [6, 6.07) is 9.90. The van der Waals surface area contributed by atoms with E-state index in [4.69, 9.17) is 0 Å². The first-order valence-electron chi connectivity index (χ1n) is 7.31. The maximum absolute atomic E-state index is 12.8. The van der Waals surface area contributed by atoms with Crippen molar-refractivity contribution in [2.75, 3.05) is 5.32 Å². The number of aromatic nitrogens is 2. The average Bonchev–Trinajstić information content (AvgIpc) is 2.81. The number of fused-ring (bicyclic) bond motifs is 1. The molecule has 22 heavy (non-hydrogen) atoms. The van der Waals surface area contributed by atoms with Gasteiger partial charge in [0.1, 0.15) is 11.3 Å². The summed E-state index contributed by atoms with van der Waals surface area (Å²) in [6.07, 6.45) is 1.88. The van der Waals surface area contributed by atoms with E-state index in [1.807, 2.05) is 68.6 Å². The van der Waals surface area contributed by atoms with E-state index in [2.05, 4.69) is 10.3 Å². The van der Waals surface area contributed by atoms with Gasteiger partial charge in [0.05, 0.1) is 5.69 Å². The minimum Gasteiger partial charge on any atom is -0.320 e. The monoisotopic (exact) mass is 293 g/mol. The molecule has 4 heteroatoms. The molecule has 1 aromatic carbocycles. The SMILES string of the molecule is Cc1cccc(C)c1NC(=O)c1c(C)nc2c(C)cccn12. The molecule has 0 atom stereocenters. The second-order valence-electron chi connectivity index (χ2n) is 5.65. The number of hydrogen-bond acceptors (Lipinski definition) is 2. The number of anilines is 1. The van der Waals surface area contributed by atoms with Crippen LogP contribution in [-0.2, 0) is 0 Å². The molecule has 0 bridgehead atoms. The Morgan fingerprint density at radius 1 is 1.00 bits per heavy atom. The van der Waals surface area contributed by atoms with Crippen molar-refractivity contribution in [3.05, 3.63) is 64.6 Å². The van der Waals surface area contributed by atoms with E-state index in [0.717, 1.165) is 33.7 Å². The number of para-hydroxylation sites is 1. The van der Waals surface area contributed by atoms with Gasteiger partial charge in [-0.15, -0.1) is 0 Å². The summed E-state index contributed by atoms with van der Waals surface area (Å²) in [5.41, 5.74) is 6.17. The molecule has 112 valence electrons. The fourth-order valence-electron chi connectivity index (χ4n) is 2.78. The minimum atomic E-state index is -0.131. The van der Waals surface area contributed by atoms with Gasteiger partial charge in [0.25, 0.3) is 5.91 Å². The smallest absolute Gasteiger partial charge is 0.274 e. The minimum absolute atomic E-state index is 0.131. The third kappa shape index (κ3) is 2.26. The lowest BCUT2D eigenvalue weighted by molar-refractivity contribution is 0.102. The van der Waals surface area contributed by atoms with E-state index in [1.165, 1.54) is 0 Å². The van der Waals surface area contributed by atoms with E-state index in [0.29, 0.717) is 5.69 Å². The summed E-state index contributed by atoms with van der Waals surface area (Å²) in [5, 5.41) is 3.03. The molecule has 0 radical (unpaired) electrons. The van der Waals surface area contributed by atoms with Crippen LogP contribution in [0.5, 0.6) is 0 Å². The van der Waals surface area contributed by atoms with Crippen molar-refractivity contribution in [3.63, 3.8) is 0 Å². The fraction of sp³-hybridized carbons (Fsp3) is 0.222.